The van der Waals surface area contributed by atoms with Crippen LogP contribution in [0.3, 0.4) is 0 Å². The van der Waals surface area contributed by atoms with Gasteiger partial charge in [0.2, 0.25) is 5.91 Å². The molecular formula is C26H34N4O4. The first-order chi connectivity index (χ1) is 16.0. The Morgan fingerprint density at radius 2 is 1.79 bits per heavy atom. The predicted molar refractivity (Wildman–Crippen MR) is 128 cm³/mol. The highest BCUT2D eigenvalue weighted by Crippen LogP contribution is 2.58. The van der Waals surface area contributed by atoms with Gasteiger partial charge in [0, 0.05) is 18.9 Å². The number of anilines is 1. The molecule has 0 saturated heterocycles. The van der Waals surface area contributed by atoms with Crippen molar-refractivity contribution in [2.45, 2.75) is 64.3 Å². The molecule has 2 fully saturated rings. The lowest BCUT2D eigenvalue weighted by atomic mass is 9.66. The van der Waals surface area contributed by atoms with Gasteiger partial charge in [-0.25, -0.2) is 0 Å². The zero-order chi connectivity index (χ0) is 24.7. The van der Waals surface area contributed by atoms with Crippen LogP contribution in [-0.4, -0.2) is 38.7 Å². The van der Waals surface area contributed by atoms with Crippen molar-refractivity contribution in [2.75, 3.05) is 5.32 Å². The monoisotopic (exact) mass is 466 g/mol. The molecular weight excluding hydrogens is 432 g/mol. The van der Waals surface area contributed by atoms with Crippen LogP contribution in [0.2, 0.25) is 0 Å². The lowest BCUT2D eigenvalue weighted by Gasteiger charge is -2.42. The second kappa shape index (κ2) is 8.89. The molecule has 182 valence electrons. The highest BCUT2D eigenvalue weighted by molar-refractivity contribution is 6.00. The minimum absolute atomic E-state index is 0.0439. The van der Waals surface area contributed by atoms with E-state index in [0.717, 1.165) is 32.1 Å². The zero-order valence-electron chi connectivity index (χ0n) is 20.3. The average Bonchev–Trinajstić information content (AvgIpc) is 3.34. The van der Waals surface area contributed by atoms with Crippen molar-refractivity contribution < 1.29 is 19.5 Å². The number of carboxylic acids is 1. The second-order valence-electron chi connectivity index (χ2n) is 10.7. The van der Waals surface area contributed by atoms with Crippen molar-refractivity contribution in [3.05, 3.63) is 47.8 Å². The van der Waals surface area contributed by atoms with Gasteiger partial charge >= 0.3 is 5.97 Å². The van der Waals surface area contributed by atoms with E-state index in [1.807, 2.05) is 0 Å². The fourth-order valence-corrected chi connectivity index (χ4v) is 5.02. The molecule has 2 aliphatic rings. The molecule has 0 aliphatic heterocycles. The van der Waals surface area contributed by atoms with Crippen molar-refractivity contribution >= 4 is 23.5 Å². The molecule has 1 heterocycles. The third-order valence-corrected chi connectivity index (χ3v) is 7.89. The molecule has 8 heteroatoms. The minimum Gasteiger partial charge on any atom is -0.481 e. The van der Waals surface area contributed by atoms with Gasteiger partial charge in [-0.3, -0.25) is 19.1 Å². The summed E-state index contributed by atoms with van der Waals surface area (Å²) in [5, 5.41) is 19.6. The third-order valence-electron chi connectivity index (χ3n) is 7.89. The Balaban J connectivity index is 1.58. The van der Waals surface area contributed by atoms with Gasteiger partial charge in [-0.05, 0) is 67.7 Å². The van der Waals surface area contributed by atoms with Crippen LogP contribution >= 0.6 is 0 Å². The molecule has 4 rings (SSSR count). The summed E-state index contributed by atoms with van der Waals surface area (Å²) in [5.74, 6) is -1.00. The van der Waals surface area contributed by atoms with E-state index in [1.165, 1.54) is 4.68 Å². The first-order valence-electron chi connectivity index (χ1n) is 12.0. The summed E-state index contributed by atoms with van der Waals surface area (Å²) in [6, 6.07) is 7.85. The van der Waals surface area contributed by atoms with Crippen LogP contribution in [0.25, 0.3) is 0 Å². The van der Waals surface area contributed by atoms with Gasteiger partial charge in [0.1, 0.15) is 11.7 Å². The highest BCUT2D eigenvalue weighted by Gasteiger charge is 2.54. The lowest BCUT2D eigenvalue weighted by molar-refractivity contribution is -0.142. The summed E-state index contributed by atoms with van der Waals surface area (Å²) in [6.07, 6.45) is 6.98. The number of hydrogen-bond donors (Lipinski definition) is 3. The van der Waals surface area contributed by atoms with Gasteiger partial charge in [0.05, 0.1) is 5.41 Å². The fraction of sp³-hybridized carbons (Fsp3) is 0.538. The summed E-state index contributed by atoms with van der Waals surface area (Å²) in [6.45, 7) is 5.51. The van der Waals surface area contributed by atoms with E-state index in [9.17, 15) is 19.5 Å². The molecule has 1 aromatic heterocycles. The Hall–Kier alpha value is -3.16. The van der Waals surface area contributed by atoms with Crippen LogP contribution in [0, 0.1) is 17.3 Å². The standard InChI is InChI=1S/C26H34N4O4/c1-25(2,24(33)34)17-8-10-18(11-9-17)28-23(32)21(29-22(31)19-12-15-27-30(19)4)20(16-6-5-7-16)26(3)13-14-26/h8-12,15-16,20-21H,5-7,13-14H2,1-4H3,(H,28,32)(H,29,31)(H,33,34)/t20?,21-/m0/s1. The highest BCUT2D eigenvalue weighted by atomic mass is 16.4. The molecule has 0 radical (unpaired) electrons. The number of carbonyl (C=O) groups is 3. The van der Waals surface area contributed by atoms with Crippen molar-refractivity contribution in [3.8, 4) is 0 Å². The second-order valence-corrected chi connectivity index (χ2v) is 10.7. The number of rotatable bonds is 9. The number of amides is 2. The van der Waals surface area contributed by atoms with Gasteiger partial charge in [0.25, 0.3) is 5.91 Å². The SMILES string of the molecule is Cn1nccc1C(=O)N[C@H](C(=O)Nc1ccc(C(C)(C)C(=O)O)cc1)C(C1CCC1)C1(C)CC1. The first kappa shape index (κ1) is 24.0. The Labute approximate surface area is 200 Å². The van der Waals surface area contributed by atoms with E-state index in [4.69, 9.17) is 0 Å². The van der Waals surface area contributed by atoms with Crippen molar-refractivity contribution in [1.29, 1.82) is 0 Å². The summed E-state index contributed by atoms with van der Waals surface area (Å²) in [7, 11) is 1.70. The maximum Gasteiger partial charge on any atom is 0.313 e. The van der Waals surface area contributed by atoms with Gasteiger partial charge in [-0.15, -0.1) is 0 Å². The maximum atomic E-state index is 13.6. The third kappa shape index (κ3) is 4.58. The summed E-state index contributed by atoms with van der Waals surface area (Å²) in [4.78, 5) is 38.3. The summed E-state index contributed by atoms with van der Waals surface area (Å²) in [5.41, 5.74) is 0.645. The Bertz CT molecular complexity index is 1080. The van der Waals surface area contributed by atoms with Gasteiger partial charge in [0.15, 0.2) is 0 Å². The van der Waals surface area contributed by atoms with Crippen LogP contribution in [-0.2, 0) is 22.1 Å². The van der Waals surface area contributed by atoms with Crippen molar-refractivity contribution in [3.63, 3.8) is 0 Å². The number of aryl methyl sites for hydroxylation is 1. The van der Waals surface area contributed by atoms with Gasteiger partial charge in [-0.2, -0.15) is 5.10 Å². The molecule has 2 aliphatic carbocycles. The largest absolute Gasteiger partial charge is 0.481 e. The van der Waals surface area contributed by atoms with Gasteiger partial charge < -0.3 is 15.7 Å². The minimum atomic E-state index is -1.03. The van der Waals surface area contributed by atoms with E-state index < -0.39 is 17.4 Å². The van der Waals surface area contributed by atoms with E-state index in [1.54, 1.807) is 57.4 Å². The number of nitrogens with one attached hydrogen (secondary N) is 2. The Morgan fingerprint density at radius 3 is 2.26 bits per heavy atom. The zero-order valence-corrected chi connectivity index (χ0v) is 20.3. The summed E-state index contributed by atoms with van der Waals surface area (Å²) >= 11 is 0. The van der Waals surface area contributed by atoms with E-state index in [-0.39, 0.29) is 23.1 Å². The quantitative estimate of drug-likeness (QED) is 0.521. The number of carboxylic acid groups (broad SMARTS) is 1. The molecule has 34 heavy (non-hydrogen) atoms. The molecule has 2 amide bonds. The topological polar surface area (TPSA) is 113 Å². The predicted octanol–water partition coefficient (Wildman–Crippen LogP) is 3.74. The maximum absolute atomic E-state index is 13.6. The average molecular weight is 467 g/mol. The van der Waals surface area contributed by atoms with Crippen LogP contribution in [0.5, 0.6) is 0 Å². The lowest BCUT2D eigenvalue weighted by Crippen LogP contribution is -2.54. The smallest absolute Gasteiger partial charge is 0.313 e. The van der Waals surface area contributed by atoms with Crippen LogP contribution in [0.15, 0.2) is 36.5 Å². The van der Waals surface area contributed by atoms with E-state index in [2.05, 4.69) is 22.7 Å². The number of hydrogen-bond acceptors (Lipinski definition) is 4. The molecule has 2 atom stereocenters. The number of nitrogens with zero attached hydrogens (tertiary/aromatic N) is 2. The molecule has 2 aromatic rings. The fourth-order valence-electron chi connectivity index (χ4n) is 5.02. The van der Waals surface area contributed by atoms with Crippen molar-refractivity contribution in [2.24, 2.45) is 24.3 Å². The first-order valence-corrected chi connectivity index (χ1v) is 12.0. The molecule has 8 nitrogen and oxygen atoms in total. The van der Waals surface area contributed by atoms with Crippen LogP contribution in [0.1, 0.15) is 68.9 Å². The molecule has 3 N–H and O–H groups in total. The molecule has 1 aromatic carbocycles. The number of aromatic nitrogens is 2. The molecule has 0 spiro atoms. The van der Waals surface area contributed by atoms with Crippen LogP contribution < -0.4 is 10.6 Å². The van der Waals surface area contributed by atoms with Gasteiger partial charge in [-0.1, -0.05) is 38.3 Å². The van der Waals surface area contributed by atoms with E-state index in [0.29, 0.717) is 22.9 Å². The molecule has 1 unspecified atom stereocenters. The number of benzene rings is 1. The number of aliphatic carboxylic acids is 1. The molecule has 0 bridgehead atoms. The van der Waals surface area contributed by atoms with E-state index >= 15 is 0 Å². The Morgan fingerprint density at radius 1 is 1.15 bits per heavy atom. The molecule has 2 saturated carbocycles. The summed E-state index contributed by atoms with van der Waals surface area (Å²) < 4.78 is 1.50. The Kier molecular flexibility index (Phi) is 6.27. The normalized spacial score (nSPS) is 18.9. The number of carbonyl (C=O) groups excluding carboxylic acids is 2. The van der Waals surface area contributed by atoms with Crippen LogP contribution in [0.4, 0.5) is 5.69 Å². The van der Waals surface area contributed by atoms with Crippen molar-refractivity contribution in [1.82, 2.24) is 15.1 Å².